The van der Waals surface area contributed by atoms with Crippen LogP contribution in [0, 0.1) is 0 Å². The first-order valence-electron chi connectivity index (χ1n) is 11.1. The minimum atomic E-state index is -0.647. The Morgan fingerprint density at radius 2 is 1.50 bits per heavy atom. The summed E-state index contributed by atoms with van der Waals surface area (Å²) < 4.78 is 5.36. The van der Waals surface area contributed by atoms with Crippen molar-refractivity contribution in [1.29, 1.82) is 0 Å². The molecule has 0 aliphatic carbocycles. The molecule has 0 bridgehead atoms. The molecule has 0 aromatic rings. The van der Waals surface area contributed by atoms with Crippen LogP contribution in [0.25, 0.3) is 0 Å². The van der Waals surface area contributed by atoms with Gasteiger partial charge in [-0.2, -0.15) is 0 Å². The summed E-state index contributed by atoms with van der Waals surface area (Å²) >= 11 is 0. The van der Waals surface area contributed by atoms with E-state index in [0.717, 1.165) is 38.5 Å². The van der Waals surface area contributed by atoms with Crippen LogP contribution in [0.4, 0.5) is 0 Å². The fourth-order valence-electron chi connectivity index (χ4n) is 3.30. The van der Waals surface area contributed by atoms with Gasteiger partial charge >= 0.3 is 5.97 Å². The van der Waals surface area contributed by atoms with E-state index in [2.05, 4.69) is 12.2 Å². The van der Waals surface area contributed by atoms with Gasteiger partial charge < -0.3 is 14.9 Å². The molecule has 160 valence electrons. The summed E-state index contributed by atoms with van der Waals surface area (Å²) in [6.45, 7) is 1.92. The molecule has 0 amide bonds. The molecule has 0 saturated heterocycles. The Bertz CT molecular complexity index is 481. The second kappa shape index (κ2) is 16.6. The van der Waals surface area contributed by atoms with Crippen molar-refractivity contribution >= 4 is 5.97 Å². The van der Waals surface area contributed by atoms with Crippen LogP contribution in [0.1, 0.15) is 90.4 Å². The van der Waals surface area contributed by atoms with E-state index in [0.29, 0.717) is 12.8 Å². The fraction of sp³-hybridized carbons (Fsp3) is 0.708. The molecular weight excluding hydrogens is 352 g/mol. The summed E-state index contributed by atoms with van der Waals surface area (Å²) in [5, 5.41) is 19.9. The summed E-state index contributed by atoms with van der Waals surface area (Å²) in [5.41, 5.74) is 0. The molecule has 1 aliphatic heterocycles. The lowest BCUT2D eigenvalue weighted by molar-refractivity contribution is -0.142. The van der Waals surface area contributed by atoms with Gasteiger partial charge in [-0.3, -0.25) is 0 Å². The van der Waals surface area contributed by atoms with E-state index in [1.165, 1.54) is 38.2 Å². The highest BCUT2D eigenvalue weighted by atomic mass is 16.5. The topological polar surface area (TPSA) is 66.8 Å². The van der Waals surface area contributed by atoms with Gasteiger partial charge in [0.25, 0.3) is 0 Å². The number of hydrogen-bond acceptors (Lipinski definition) is 4. The van der Waals surface area contributed by atoms with Crippen LogP contribution < -0.4 is 0 Å². The first-order valence-corrected chi connectivity index (χ1v) is 11.1. The predicted octanol–water partition coefficient (Wildman–Crippen LogP) is 5.39. The average molecular weight is 393 g/mol. The lowest BCUT2D eigenvalue weighted by Gasteiger charge is -2.11. The van der Waals surface area contributed by atoms with Gasteiger partial charge in [0, 0.05) is 6.08 Å². The first-order chi connectivity index (χ1) is 13.6. The second-order valence-electron chi connectivity index (χ2n) is 7.87. The van der Waals surface area contributed by atoms with Crippen molar-refractivity contribution in [2.75, 3.05) is 0 Å². The summed E-state index contributed by atoms with van der Waals surface area (Å²) in [7, 11) is 0. The van der Waals surface area contributed by atoms with Crippen molar-refractivity contribution in [3.63, 3.8) is 0 Å². The van der Waals surface area contributed by atoms with Crippen LogP contribution in [0.3, 0.4) is 0 Å². The fourth-order valence-corrected chi connectivity index (χ4v) is 3.30. The molecule has 4 heteroatoms. The number of carbonyl (C=O) groups excluding carboxylic acids is 1. The first kappa shape index (κ1) is 24.6. The summed E-state index contributed by atoms with van der Waals surface area (Å²) in [5.74, 6) is -0.357. The molecule has 1 heterocycles. The molecule has 0 radical (unpaired) electrons. The minimum absolute atomic E-state index is 0.0950. The standard InChI is InChI=1S/C24H40O4/c1-21-15-11-9-7-5-3-2-4-6-8-10-12-16-22(25)17-13-18-23(26)19-14-20-24(27)28-21/h5,7,13-14,18,20-23,25-26H,2-4,6,8-12,15-17,19H2,1H3/t21-,22-,23-/m1/s1. The quantitative estimate of drug-likeness (QED) is 0.428. The van der Waals surface area contributed by atoms with Crippen LogP contribution in [-0.4, -0.2) is 34.5 Å². The van der Waals surface area contributed by atoms with Gasteiger partial charge in [-0.25, -0.2) is 4.79 Å². The zero-order valence-electron chi connectivity index (χ0n) is 17.6. The highest BCUT2D eigenvalue weighted by molar-refractivity contribution is 5.82. The highest BCUT2D eigenvalue weighted by Crippen LogP contribution is 2.12. The summed E-state index contributed by atoms with van der Waals surface area (Å²) in [6.07, 6.45) is 23.0. The maximum Gasteiger partial charge on any atom is 0.330 e. The molecule has 0 saturated carbocycles. The third kappa shape index (κ3) is 14.6. The van der Waals surface area contributed by atoms with Crippen molar-refractivity contribution in [2.24, 2.45) is 0 Å². The number of hydrogen-bond donors (Lipinski definition) is 2. The molecule has 1 rings (SSSR count). The largest absolute Gasteiger partial charge is 0.460 e. The van der Waals surface area contributed by atoms with E-state index in [-0.39, 0.29) is 18.2 Å². The van der Waals surface area contributed by atoms with Crippen LogP contribution in [0.2, 0.25) is 0 Å². The number of carbonyl (C=O) groups is 1. The van der Waals surface area contributed by atoms with Gasteiger partial charge in [0.1, 0.15) is 0 Å². The minimum Gasteiger partial charge on any atom is -0.460 e. The normalized spacial score (nSPS) is 28.4. The lowest BCUT2D eigenvalue weighted by Crippen LogP contribution is -2.13. The van der Waals surface area contributed by atoms with Gasteiger partial charge in [-0.1, -0.05) is 62.5 Å². The molecule has 0 spiro atoms. The Labute approximate surface area is 171 Å². The van der Waals surface area contributed by atoms with E-state index in [4.69, 9.17) is 4.74 Å². The van der Waals surface area contributed by atoms with E-state index in [1.54, 1.807) is 12.2 Å². The van der Waals surface area contributed by atoms with E-state index in [9.17, 15) is 15.0 Å². The van der Waals surface area contributed by atoms with Gasteiger partial charge in [0.05, 0.1) is 18.3 Å². The van der Waals surface area contributed by atoms with Gasteiger partial charge in [0.2, 0.25) is 0 Å². The van der Waals surface area contributed by atoms with Crippen molar-refractivity contribution in [1.82, 2.24) is 0 Å². The van der Waals surface area contributed by atoms with Crippen LogP contribution >= 0.6 is 0 Å². The Morgan fingerprint density at radius 1 is 0.821 bits per heavy atom. The second-order valence-corrected chi connectivity index (χ2v) is 7.87. The predicted molar refractivity (Wildman–Crippen MR) is 115 cm³/mol. The van der Waals surface area contributed by atoms with Crippen LogP contribution in [0.15, 0.2) is 36.5 Å². The van der Waals surface area contributed by atoms with E-state index >= 15 is 0 Å². The summed E-state index contributed by atoms with van der Waals surface area (Å²) in [4.78, 5) is 11.8. The van der Waals surface area contributed by atoms with Gasteiger partial charge in [-0.05, 0) is 58.3 Å². The average Bonchev–Trinajstić information content (AvgIpc) is 2.64. The molecule has 1 aliphatic rings. The van der Waals surface area contributed by atoms with Crippen LogP contribution in [-0.2, 0) is 9.53 Å². The smallest absolute Gasteiger partial charge is 0.330 e. The zero-order valence-corrected chi connectivity index (χ0v) is 17.6. The third-order valence-corrected chi connectivity index (χ3v) is 5.02. The Balaban J connectivity index is 2.44. The molecule has 2 N–H and O–H groups in total. The Morgan fingerprint density at radius 3 is 2.29 bits per heavy atom. The van der Waals surface area contributed by atoms with Gasteiger partial charge in [-0.15, -0.1) is 0 Å². The number of aliphatic hydroxyl groups excluding tert-OH is 2. The van der Waals surface area contributed by atoms with Crippen molar-refractivity contribution in [3.8, 4) is 0 Å². The molecule has 4 nitrogen and oxygen atoms in total. The monoisotopic (exact) mass is 392 g/mol. The number of cyclic esters (lactones) is 1. The maximum atomic E-state index is 11.8. The number of allylic oxidation sites excluding steroid dienone is 2. The number of ether oxygens (including phenoxy) is 1. The van der Waals surface area contributed by atoms with Crippen molar-refractivity contribution < 1.29 is 19.7 Å². The molecule has 0 aromatic heterocycles. The molecule has 0 unspecified atom stereocenters. The molecule has 0 fully saturated rings. The van der Waals surface area contributed by atoms with Crippen molar-refractivity contribution in [3.05, 3.63) is 36.5 Å². The zero-order chi connectivity index (χ0) is 20.5. The molecule has 3 atom stereocenters. The Kier molecular flexibility index (Phi) is 14.6. The lowest BCUT2D eigenvalue weighted by atomic mass is 10.0. The number of aliphatic hydroxyl groups is 2. The Hall–Kier alpha value is -1.39. The number of esters is 1. The van der Waals surface area contributed by atoms with Crippen molar-refractivity contribution in [2.45, 2.75) is 109 Å². The van der Waals surface area contributed by atoms with E-state index in [1.807, 2.05) is 13.0 Å². The summed E-state index contributed by atoms with van der Waals surface area (Å²) in [6, 6.07) is 0. The van der Waals surface area contributed by atoms with Crippen LogP contribution in [0.5, 0.6) is 0 Å². The SMILES string of the molecule is C[C@@H]1CCCC=CCCCCCCCC[C@@H](O)CC=C[C@@H](O)CC=CC(=O)O1. The molecule has 28 heavy (non-hydrogen) atoms. The highest BCUT2D eigenvalue weighted by Gasteiger charge is 2.07. The molecule has 0 aromatic carbocycles. The maximum absolute atomic E-state index is 11.8. The van der Waals surface area contributed by atoms with E-state index < -0.39 is 6.10 Å². The molecular formula is C24H40O4. The third-order valence-electron chi connectivity index (χ3n) is 5.02. The number of rotatable bonds is 0. The van der Waals surface area contributed by atoms with Gasteiger partial charge in [0.15, 0.2) is 0 Å².